The number of carbonyl (C=O) groups excluding carboxylic acids is 1. The van der Waals surface area contributed by atoms with Crippen molar-refractivity contribution in [1.82, 2.24) is 5.32 Å². The minimum atomic E-state index is -0.536. The van der Waals surface area contributed by atoms with Crippen LogP contribution in [0.4, 0.5) is 4.79 Å². The molecule has 0 aromatic heterocycles. The molecule has 0 aliphatic carbocycles. The van der Waals surface area contributed by atoms with Crippen LogP contribution in [0.2, 0.25) is 0 Å². The average Bonchev–Trinajstić information content (AvgIpc) is 2.46. The van der Waals surface area contributed by atoms with Gasteiger partial charge in [-0.3, -0.25) is 4.84 Å². The predicted molar refractivity (Wildman–Crippen MR) is 61.9 cm³/mol. The first kappa shape index (κ1) is 11.7. The number of thioether (sulfide) groups is 2. The molecule has 1 fully saturated rings. The quantitative estimate of drug-likeness (QED) is 0.450. The fourth-order valence-electron chi connectivity index (χ4n) is 1.03. The lowest BCUT2D eigenvalue weighted by molar-refractivity contribution is 0.153. The number of hydrogen-bond donors (Lipinski definition) is 1. The monoisotopic (exact) mass is 234 g/mol. The summed E-state index contributed by atoms with van der Waals surface area (Å²) in [5, 5.41) is 6.60. The summed E-state index contributed by atoms with van der Waals surface area (Å²) in [4.78, 5) is 15.2. The van der Waals surface area contributed by atoms with Gasteiger partial charge in [0, 0.05) is 18.1 Å². The van der Waals surface area contributed by atoms with E-state index < -0.39 is 6.09 Å². The first-order chi connectivity index (χ1) is 6.56. The van der Waals surface area contributed by atoms with E-state index in [1.165, 1.54) is 7.05 Å². The van der Waals surface area contributed by atoms with Crippen LogP contribution in [0, 0.1) is 0 Å². The molecule has 1 amide bonds. The highest BCUT2D eigenvalue weighted by Gasteiger charge is 2.33. The van der Waals surface area contributed by atoms with Gasteiger partial charge >= 0.3 is 6.09 Å². The van der Waals surface area contributed by atoms with Crippen molar-refractivity contribution in [3.8, 4) is 0 Å². The van der Waals surface area contributed by atoms with Gasteiger partial charge in [0.15, 0.2) is 0 Å². The maximum atomic E-state index is 10.7. The smallest absolute Gasteiger partial charge is 0.323 e. The summed E-state index contributed by atoms with van der Waals surface area (Å²) < 4.78 is -0.0621. The Morgan fingerprint density at radius 3 is 3.00 bits per heavy atom. The second-order valence-electron chi connectivity index (χ2n) is 3.12. The summed E-state index contributed by atoms with van der Waals surface area (Å²) in [6, 6.07) is 0. The van der Waals surface area contributed by atoms with E-state index in [2.05, 4.69) is 29.2 Å². The average molecular weight is 234 g/mol. The number of nitrogens with zero attached hydrogens (tertiary/aromatic N) is 1. The lowest BCUT2D eigenvalue weighted by atomic mass is 10.5. The number of rotatable bonds is 2. The molecule has 1 rings (SSSR count). The lowest BCUT2D eigenvalue weighted by Crippen LogP contribution is -2.19. The van der Waals surface area contributed by atoms with E-state index in [0.717, 1.165) is 5.75 Å². The summed E-state index contributed by atoms with van der Waals surface area (Å²) in [6.45, 7) is 4.25. The third-order valence-electron chi connectivity index (χ3n) is 1.67. The van der Waals surface area contributed by atoms with Crippen molar-refractivity contribution in [3.63, 3.8) is 0 Å². The SMILES string of the molecule is CNC(=O)ON=C[C@]1(C)SC[C@H](C)S1. The molecule has 14 heavy (non-hydrogen) atoms. The van der Waals surface area contributed by atoms with Gasteiger partial charge in [-0.1, -0.05) is 12.1 Å². The van der Waals surface area contributed by atoms with Crippen LogP contribution in [-0.2, 0) is 4.84 Å². The maximum absolute atomic E-state index is 10.7. The fraction of sp³-hybridized carbons (Fsp3) is 0.750. The molecular formula is C8H14N2O2S2. The van der Waals surface area contributed by atoms with Gasteiger partial charge in [0.05, 0.1) is 10.3 Å². The summed E-state index contributed by atoms with van der Waals surface area (Å²) in [7, 11) is 1.50. The van der Waals surface area contributed by atoms with Gasteiger partial charge in [-0.05, 0) is 6.92 Å². The third kappa shape index (κ3) is 3.42. The predicted octanol–water partition coefficient (Wildman–Crippen LogP) is 1.91. The van der Waals surface area contributed by atoms with Crippen molar-refractivity contribution in [2.45, 2.75) is 23.2 Å². The molecule has 0 saturated carbocycles. The Morgan fingerprint density at radius 1 is 1.79 bits per heavy atom. The zero-order valence-electron chi connectivity index (χ0n) is 8.44. The highest BCUT2D eigenvalue weighted by Crippen LogP contribution is 2.46. The second-order valence-corrected chi connectivity index (χ2v) is 6.74. The van der Waals surface area contributed by atoms with Crippen LogP contribution in [0.5, 0.6) is 0 Å². The number of nitrogens with one attached hydrogen (secondary N) is 1. The second kappa shape index (κ2) is 4.93. The van der Waals surface area contributed by atoms with E-state index in [4.69, 9.17) is 0 Å². The Labute approximate surface area is 92.2 Å². The highest BCUT2D eigenvalue weighted by atomic mass is 32.2. The van der Waals surface area contributed by atoms with Gasteiger partial charge in [0.1, 0.15) is 0 Å². The number of carbonyl (C=O) groups is 1. The first-order valence-corrected chi connectivity index (χ1v) is 6.17. The minimum Gasteiger partial charge on any atom is -0.323 e. The molecule has 0 aromatic rings. The summed E-state index contributed by atoms with van der Waals surface area (Å²) in [5.74, 6) is 1.10. The standard InChI is InChI=1S/C8H14N2O2S2/c1-6-4-13-8(2,14-6)5-10-12-7(11)9-3/h5-6H,4H2,1-3H3,(H,9,11)/t6-,8+/m0/s1. The molecular weight excluding hydrogens is 220 g/mol. The summed E-state index contributed by atoms with van der Waals surface area (Å²) in [6.07, 6.45) is 1.15. The Morgan fingerprint density at radius 2 is 2.50 bits per heavy atom. The van der Waals surface area contributed by atoms with Crippen molar-refractivity contribution in [2.75, 3.05) is 12.8 Å². The van der Waals surface area contributed by atoms with E-state index in [9.17, 15) is 4.79 Å². The van der Waals surface area contributed by atoms with E-state index >= 15 is 0 Å². The van der Waals surface area contributed by atoms with Gasteiger partial charge in [0.2, 0.25) is 0 Å². The maximum Gasteiger partial charge on any atom is 0.433 e. The van der Waals surface area contributed by atoms with Gasteiger partial charge in [-0.2, -0.15) is 0 Å². The van der Waals surface area contributed by atoms with E-state index in [-0.39, 0.29) is 4.08 Å². The van der Waals surface area contributed by atoms with Crippen LogP contribution in [0.1, 0.15) is 13.8 Å². The van der Waals surface area contributed by atoms with Gasteiger partial charge in [-0.15, -0.1) is 23.5 Å². The molecule has 1 heterocycles. The van der Waals surface area contributed by atoms with Gasteiger partial charge in [-0.25, -0.2) is 4.79 Å². The molecule has 6 heteroatoms. The normalized spacial score (nSPS) is 32.1. The van der Waals surface area contributed by atoms with Gasteiger partial charge < -0.3 is 5.32 Å². The number of amides is 1. The molecule has 1 aliphatic rings. The van der Waals surface area contributed by atoms with Crippen molar-refractivity contribution in [1.29, 1.82) is 0 Å². The minimum absolute atomic E-state index is 0.0621. The molecule has 80 valence electrons. The van der Waals surface area contributed by atoms with Crippen LogP contribution in [0.3, 0.4) is 0 Å². The van der Waals surface area contributed by atoms with Crippen LogP contribution in [-0.4, -0.2) is 34.4 Å². The Balaban J connectivity index is 2.39. The molecule has 0 radical (unpaired) electrons. The number of hydrogen-bond acceptors (Lipinski definition) is 5. The Hall–Kier alpha value is -0.360. The summed E-state index contributed by atoms with van der Waals surface area (Å²) >= 11 is 3.64. The molecule has 0 spiro atoms. The van der Waals surface area contributed by atoms with Crippen LogP contribution in [0.15, 0.2) is 5.16 Å². The van der Waals surface area contributed by atoms with Crippen molar-refractivity contribution < 1.29 is 9.63 Å². The Bertz CT molecular complexity index is 247. The molecule has 1 aliphatic heterocycles. The van der Waals surface area contributed by atoms with Crippen molar-refractivity contribution in [2.24, 2.45) is 5.16 Å². The molecule has 0 bridgehead atoms. The molecule has 2 atom stereocenters. The van der Waals surface area contributed by atoms with Gasteiger partial charge in [0.25, 0.3) is 0 Å². The van der Waals surface area contributed by atoms with Crippen molar-refractivity contribution >= 4 is 35.8 Å². The van der Waals surface area contributed by atoms with Crippen LogP contribution >= 0.6 is 23.5 Å². The highest BCUT2D eigenvalue weighted by molar-refractivity contribution is 8.22. The summed E-state index contributed by atoms with van der Waals surface area (Å²) in [5.41, 5.74) is 0. The first-order valence-electron chi connectivity index (χ1n) is 4.31. The van der Waals surface area contributed by atoms with Crippen LogP contribution < -0.4 is 5.32 Å². The molecule has 0 unspecified atom stereocenters. The van der Waals surface area contributed by atoms with E-state index in [1.807, 2.05) is 23.5 Å². The zero-order valence-corrected chi connectivity index (χ0v) is 10.1. The largest absolute Gasteiger partial charge is 0.433 e. The molecule has 4 nitrogen and oxygen atoms in total. The molecule has 1 N–H and O–H groups in total. The van der Waals surface area contributed by atoms with Crippen LogP contribution in [0.25, 0.3) is 0 Å². The number of oxime groups is 1. The fourth-order valence-corrected chi connectivity index (χ4v) is 4.07. The Kier molecular flexibility index (Phi) is 4.12. The van der Waals surface area contributed by atoms with Crippen molar-refractivity contribution in [3.05, 3.63) is 0 Å². The lowest BCUT2D eigenvalue weighted by Gasteiger charge is -2.14. The van der Waals surface area contributed by atoms with E-state index in [0.29, 0.717) is 5.25 Å². The zero-order chi connectivity index (χ0) is 10.6. The molecule has 0 aromatic carbocycles. The molecule has 1 saturated heterocycles. The third-order valence-corrected chi connectivity index (χ3v) is 5.01. The van der Waals surface area contributed by atoms with E-state index in [1.54, 1.807) is 6.21 Å². The topological polar surface area (TPSA) is 50.7 Å².